The Morgan fingerprint density at radius 2 is 2.00 bits per heavy atom. The zero-order chi connectivity index (χ0) is 15.6. The summed E-state index contributed by atoms with van der Waals surface area (Å²) in [5.41, 5.74) is 2.75. The van der Waals surface area contributed by atoms with Gasteiger partial charge in [0.2, 0.25) is 0 Å². The van der Waals surface area contributed by atoms with Crippen LogP contribution in [0.2, 0.25) is 0 Å². The summed E-state index contributed by atoms with van der Waals surface area (Å²) in [6, 6.07) is 13.9. The van der Waals surface area contributed by atoms with Crippen LogP contribution in [0, 0.1) is 17.1 Å². The van der Waals surface area contributed by atoms with Crippen molar-refractivity contribution in [3.05, 3.63) is 70.5 Å². The van der Waals surface area contributed by atoms with Crippen LogP contribution in [-0.4, -0.2) is 11.7 Å². The molecule has 0 saturated heterocycles. The number of nitriles is 1. The van der Waals surface area contributed by atoms with E-state index < -0.39 is 5.60 Å². The molecule has 3 rings (SSSR count). The monoisotopic (exact) mass is 297 g/mol. The van der Waals surface area contributed by atoms with Crippen molar-refractivity contribution in [1.29, 1.82) is 5.26 Å². The molecule has 0 bridgehead atoms. The van der Waals surface area contributed by atoms with Gasteiger partial charge in [-0.2, -0.15) is 5.26 Å². The number of halogens is 1. The molecule has 0 aliphatic carbocycles. The molecule has 1 N–H and O–H groups in total. The van der Waals surface area contributed by atoms with Crippen molar-refractivity contribution < 1.29 is 14.2 Å². The molecule has 0 amide bonds. The highest BCUT2D eigenvalue weighted by molar-refractivity contribution is 5.47. The number of benzene rings is 2. The van der Waals surface area contributed by atoms with Gasteiger partial charge in [-0.3, -0.25) is 0 Å². The maximum atomic E-state index is 13.2. The van der Waals surface area contributed by atoms with E-state index in [9.17, 15) is 9.50 Å². The van der Waals surface area contributed by atoms with Crippen LogP contribution < -0.4 is 0 Å². The molecule has 0 fully saturated rings. The lowest BCUT2D eigenvalue weighted by Crippen LogP contribution is -2.27. The van der Waals surface area contributed by atoms with Crippen LogP contribution >= 0.6 is 0 Å². The van der Waals surface area contributed by atoms with E-state index in [-0.39, 0.29) is 12.4 Å². The fraction of sp³-hybridized carbons (Fsp3) is 0.278. The van der Waals surface area contributed by atoms with Gasteiger partial charge in [-0.1, -0.05) is 18.2 Å². The van der Waals surface area contributed by atoms with E-state index in [1.165, 1.54) is 12.1 Å². The molecule has 1 unspecified atom stereocenters. The lowest BCUT2D eigenvalue weighted by atomic mass is 9.81. The number of fused-ring (bicyclic) bond motifs is 1. The third kappa shape index (κ3) is 2.39. The Bertz CT molecular complexity index is 721. The van der Waals surface area contributed by atoms with E-state index in [2.05, 4.69) is 6.07 Å². The Morgan fingerprint density at radius 3 is 2.68 bits per heavy atom. The minimum absolute atomic E-state index is 0.0674. The molecule has 1 aliphatic heterocycles. The fourth-order valence-electron chi connectivity index (χ4n) is 3.09. The van der Waals surface area contributed by atoms with Gasteiger partial charge in [0.1, 0.15) is 11.4 Å². The van der Waals surface area contributed by atoms with Crippen LogP contribution in [0.5, 0.6) is 0 Å². The van der Waals surface area contributed by atoms with Crippen LogP contribution in [0.25, 0.3) is 0 Å². The Labute approximate surface area is 128 Å². The van der Waals surface area contributed by atoms with Crippen molar-refractivity contribution in [1.82, 2.24) is 0 Å². The number of aliphatic hydroxyl groups is 1. The van der Waals surface area contributed by atoms with Crippen LogP contribution in [0.4, 0.5) is 4.39 Å². The van der Waals surface area contributed by atoms with Gasteiger partial charge < -0.3 is 9.84 Å². The molecule has 1 atom stereocenters. The fourth-order valence-corrected chi connectivity index (χ4v) is 3.09. The first kappa shape index (κ1) is 14.7. The van der Waals surface area contributed by atoms with Gasteiger partial charge in [-0.15, -0.1) is 0 Å². The third-order valence-corrected chi connectivity index (χ3v) is 4.14. The number of aliphatic hydroxyl groups excluding tert-OH is 1. The van der Waals surface area contributed by atoms with E-state index in [1.54, 1.807) is 18.2 Å². The first-order chi connectivity index (χ1) is 10.7. The number of hydrogen-bond acceptors (Lipinski definition) is 3. The molecular formula is C18H16FNO2. The molecule has 2 aromatic carbocycles. The predicted molar refractivity (Wildman–Crippen MR) is 79.4 cm³/mol. The summed E-state index contributed by atoms with van der Waals surface area (Å²) in [6.07, 6.45) is 1.19. The maximum Gasteiger partial charge on any atom is 0.123 e. The van der Waals surface area contributed by atoms with Crippen LogP contribution in [0.15, 0.2) is 42.5 Å². The Morgan fingerprint density at radius 1 is 1.23 bits per heavy atom. The molecule has 1 heterocycles. The average molecular weight is 297 g/mol. The molecule has 0 spiro atoms. The van der Waals surface area contributed by atoms with Crippen molar-refractivity contribution in [2.75, 3.05) is 6.61 Å². The van der Waals surface area contributed by atoms with Crippen molar-refractivity contribution in [2.45, 2.75) is 25.0 Å². The van der Waals surface area contributed by atoms with Crippen molar-refractivity contribution in [3.8, 4) is 6.07 Å². The summed E-state index contributed by atoms with van der Waals surface area (Å²) in [4.78, 5) is 0. The highest BCUT2D eigenvalue weighted by Gasteiger charge is 2.41. The molecular weight excluding hydrogens is 281 g/mol. The topological polar surface area (TPSA) is 53.2 Å². The molecule has 1 aliphatic rings. The van der Waals surface area contributed by atoms with E-state index in [4.69, 9.17) is 10.00 Å². The Hall–Kier alpha value is -2.22. The van der Waals surface area contributed by atoms with Gasteiger partial charge >= 0.3 is 0 Å². The molecule has 0 aromatic heterocycles. The Balaban J connectivity index is 2.10. The van der Waals surface area contributed by atoms with E-state index in [0.717, 1.165) is 16.7 Å². The minimum atomic E-state index is -0.681. The second-order valence-corrected chi connectivity index (χ2v) is 5.43. The molecule has 112 valence electrons. The summed E-state index contributed by atoms with van der Waals surface area (Å²) in [5, 5.41) is 18.2. The SMILES string of the molecule is N#Cc1ccc2c(c1)COC2(CCCO)c1ccc(F)cc1. The standard InChI is InChI=1S/C18H16FNO2/c19-16-5-3-15(4-6-16)18(8-1-9-21)17-7-2-13(11-20)10-14(17)12-22-18/h2-7,10,21H,1,8-9,12H2. The van der Waals surface area contributed by atoms with Gasteiger partial charge in [0, 0.05) is 6.61 Å². The van der Waals surface area contributed by atoms with Gasteiger partial charge in [0.25, 0.3) is 0 Å². The second kappa shape index (κ2) is 5.88. The van der Waals surface area contributed by atoms with Gasteiger partial charge in [0.15, 0.2) is 0 Å². The second-order valence-electron chi connectivity index (χ2n) is 5.43. The summed E-state index contributed by atoms with van der Waals surface area (Å²) < 4.78 is 19.3. The number of ether oxygens (including phenoxy) is 1. The summed E-state index contributed by atoms with van der Waals surface area (Å²) in [5.74, 6) is -0.292. The smallest absolute Gasteiger partial charge is 0.123 e. The van der Waals surface area contributed by atoms with Crippen LogP contribution in [0.3, 0.4) is 0 Å². The summed E-state index contributed by atoms with van der Waals surface area (Å²) in [6.45, 7) is 0.478. The van der Waals surface area contributed by atoms with Crippen molar-refractivity contribution >= 4 is 0 Å². The molecule has 22 heavy (non-hydrogen) atoms. The van der Waals surface area contributed by atoms with E-state index in [1.807, 2.05) is 12.1 Å². The third-order valence-electron chi connectivity index (χ3n) is 4.14. The molecule has 2 aromatic rings. The van der Waals surface area contributed by atoms with Crippen LogP contribution in [-0.2, 0) is 16.9 Å². The average Bonchev–Trinajstić information content (AvgIpc) is 2.92. The highest BCUT2D eigenvalue weighted by atomic mass is 19.1. The molecule has 0 saturated carbocycles. The van der Waals surface area contributed by atoms with Crippen molar-refractivity contribution in [2.24, 2.45) is 0 Å². The zero-order valence-electron chi connectivity index (χ0n) is 12.1. The van der Waals surface area contributed by atoms with Gasteiger partial charge in [0.05, 0.1) is 18.2 Å². The van der Waals surface area contributed by atoms with Crippen molar-refractivity contribution in [3.63, 3.8) is 0 Å². The number of hydrogen-bond donors (Lipinski definition) is 1. The predicted octanol–water partition coefficient (Wildman–Crippen LogP) is 3.24. The summed E-state index contributed by atoms with van der Waals surface area (Å²) >= 11 is 0. The quantitative estimate of drug-likeness (QED) is 0.942. The van der Waals surface area contributed by atoms with Gasteiger partial charge in [-0.25, -0.2) is 4.39 Å². The lowest BCUT2D eigenvalue weighted by molar-refractivity contribution is -0.0156. The number of rotatable bonds is 4. The highest BCUT2D eigenvalue weighted by Crippen LogP contribution is 2.45. The van der Waals surface area contributed by atoms with Crippen LogP contribution in [0.1, 0.15) is 35.1 Å². The van der Waals surface area contributed by atoms with E-state index >= 15 is 0 Å². The van der Waals surface area contributed by atoms with E-state index in [0.29, 0.717) is 25.0 Å². The summed E-state index contributed by atoms with van der Waals surface area (Å²) in [7, 11) is 0. The van der Waals surface area contributed by atoms with Gasteiger partial charge in [-0.05, 0) is 53.8 Å². The maximum absolute atomic E-state index is 13.2. The largest absolute Gasteiger partial charge is 0.396 e. The minimum Gasteiger partial charge on any atom is -0.396 e. The Kier molecular flexibility index (Phi) is 3.93. The number of nitrogens with zero attached hydrogens (tertiary/aromatic N) is 1. The normalized spacial score (nSPS) is 19.7. The molecule has 0 radical (unpaired) electrons. The molecule has 3 nitrogen and oxygen atoms in total. The first-order valence-electron chi connectivity index (χ1n) is 7.24. The lowest BCUT2D eigenvalue weighted by Gasteiger charge is -2.30. The zero-order valence-corrected chi connectivity index (χ0v) is 12.1. The first-order valence-corrected chi connectivity index (χ1v) is 7.24. The molecule has 4 heteroatoms.